The Labute approximate surface area is 147 Å². The lowest BCUT2D eigenvalue weighted by Crippen LogP contribution is -2.43. The maximum absolute atomic E-state index is 5.86. The van der Waals surface area contributed by atoms with Crippen LogP contribution in [0.4, 0.5) is 0 Å². The molecule has 1 aromatic carbocycles. The molecule has 1 rings (SSSR count). The second kappa shape index (κ2) is 10.8. The fourth-order valence-corrected chi connectivity index (χ4v) is 4.27. The van der Waals surface area contributed by atoms with Crippen LogP contribution in [-0.2, 0) is 18.0 Å². The molecule has 0 saturated heterocycles. The van der Waals surface area contributed by atoms with E-state index in [9.17, 15) is 0 Å². The average molecular weight is 357 g/mol. The quantitative estimate of drug-likeness (QED) is 0.532. The van der Waals surface area contributed by atoms with Crippen LogP contribution >= 0.6 is 0 Å². The molecule has 0 aliphatic carbocycles. The molecule has 0 amide bonds. The summed E-state index contributed by atoms with van der Waals surface area (Å²) in [6, 6.07) is 8.98. The minimum atomic E-state index is -2.56. The van der Waals surface area contributed by atoms with Crippen molar-refractivity contribution < 1.29 is 22.8 Å². The monoisotopic (exact) mass is 356 g/mol. The van der Waals surface area contributed by atoms with E-state index in [0.717, 1.165) is 18.6 Å². The van der Waals surface area contributed by atoms with Crippen LogP contribution in [-0.4, -0.2) is 50.0 Å². The molecule has 0 spiro atoms. The van der Waals surface area contributed by atoms with Gasteiger partial charge >= 0.3 is 8.80 Å². The maximum atomic E-state index is 5.86. The second-order valence-electron chi connectivity index (χ2n) is 5.88. The SMILES string of the molecule is CCC(C)c1ccc(OCC(CC[Si](OC)(OC)OC)OC)cc1. The fraction of sp³-hybridized carbons (Fsp3) is 0.667. The maximum Gasteiger partial charge on any atom is 0.500 e. The first kappa shape index (κ1) is 21.1. The summed E-state index contributed by atoms with van der Waals surface area (Å²) in [5.41, 5.74) is 1.34. The summed E-state index contributed by atoms with van der Waals surface area (Å²) in [5, 5.41) is 0. The predicted octanol–water partition coefficient (Wildman–Crippen LogP) is 3.86. The van der Waals surface area contributed by atoms with Gasteiger partial charge in [0.25, 0.3) is 0 Å². The number of methoxy groups -OCH3 is 1. The summed E-state index contributed by atoms with van der Waals surface area (Å²) in [6.07, 6.45) is 1.85. The van der Waals surface area contributed by atoms with E-state index >= 15 is 0 Å². The zero-order chi connectivity index (χ0) is 18.0. The highest BCUT2D eigenvalue weighted by molar-refractivity contribution is 6.60. The highest BCUT2D eigenvalue weighted by Gasteiger charge is 2.38. The molecule has 0 bridgehead atoms. The molecule has 0 aromatic heterocycles. The highest BCUT2D eigenvalue weighted by atomic mass is 28.4. The lowest BCUT2D eigenvalue weighted by molar-refractivity contribution is 0.0483. The summed E-state index contributed by atoms with van der Waals surface area (Å²) in [4.78, 5) is 0. The third kappa shape index (κ3) is 6.18. The third-order valence-electron chi connectivity index (χ3n) is 4.54. The Kier molecular flexibility index (Phi) is 9.54. The van der Waals surface area contributed by atoms with Crippen molar-refractivity contribution in [2.24, 2.45) is 0 Å². The molecule has 0 heterocycles. The van der Waals surface area contributed by atoms with Gasteiger partial charge in [0, 0.05) is 34.5 Å². The van der Waals surface area contributed by atoms with E-state index in [1.165, 1.54) is 5.56 Å². The van der Waals surface area contributed by atoms with Crippen molar-refractivity contribution in [3.63, 3.8) is 0 Å². The van der Waals surface area contributed by atoms with Gasteiger partial charge in [-0.1, -0.05) is 26.0 Å². The van der Waals surface area contributed by atoms with E-state index in [1.807, 2.05) is 12.1 Å². The van der Waals surface area contributed by atoms with Gasteiger partial charge in [0.05, 0.1) is 6.10 Å². The van der Waals surface area contributed by atoms with E-state index < -0.39 is 8.80 Å². The molecule has 0 saturated carbocycles. The summed E-state index contributed by atoms with van der Waals surface area (Å²) < 4.78 is 27.7. The molecule has 6 heteroatoms. The summed E-state index contributed by atoms with van der Waals surface area (Å²) in [6.45, 7) is 4.91. The first-order valence-corrected chi connectivity index (χ1v) is 10.4. The molecule has 2 unspecified atom stereocenters. The van der Waals surface area contributed by atoms with Gasteiger partial charge in [0.15, 0.2) is 0 Å². The van der Waals surface area contributed by atoms with Crippen molar-refractivity contribution in [2.45, 2.75) is 44.8 Å². The van der Waals surface area contributed by atoms with Crippen LogP contribution in [0.5, 0.6) is 5.75 Å². The zero-order valence-electron chi connectivity index (χ0n) is 15.8. The molecular formula is C18H32O5Si. The van der Waals surface area contributed by atoms with E-state index in [-0.39, 0.29) is 6.10 Å². The zero-order valence-corrected chi connectivity index (χ0v) is 16.8. The Morgan fingerprint density at radius 1 is 0.958 bits per heavy atom. The van der Waals surface area contributed by atoms with Gasteiger partial charge in [-0.2, -0.15) is 0 Å². The van der Waals surface area contributed by atoms with Crippen molar-refractivity contribution in [3.8, 4) is 5.75 Å². The molecule has 0 aliphatic rings. The summed E-state index contributed by atoms with van der Waals surface area (Å²) in [5.74, 6) is 1.43. The van der Waals surface area contributed by atoms with Crippen molar-refractivity contribution >= 4 is 8.80 Å². The Bertz CT molecular complexity index is 439. The van der Waals surface area contributed by atoms with Gasteiger partial charge in [-0.05, 0) is 36.5 Å². The Hall–Kier alpha value is -0.923. The molecule has 1 aromatic rings. The Balaban J connectivity index is 2.51. The van der Waals surface area contributed by atoms with Crippen LogP contribution in [0.3, 0.4) is 0 Å². The molecular weight excluding hydrogens is 324 g/mol. The van der Waals surface area contributed by atoms with E-state index in [4.69, 9.17) is 22.8 Å². The largest absolute Gasteiger partial charge is 0.500 e. The molecule has 5 nitrogen and oxygen atoms in total. The molecule has 138 valence electrons. The molecule has 0 N–H and O–H groups in total. The van der Waals surface area contributed by atoms with Crippen molar-refractivity contribution in [1.82, 2.24) is 0 Å². The normalized spacial score (nSPS) is 14.4. The van der Waals surface area contributed by atoms with Crippen LogP contribution in [0.2, 0.25) is 6.04 Å². The van der Waals surface area contributed by atoms with Crippen molar-refractivity contribution in [3.05, 3.63) is 29.8 Å². The Morgan fingerprint density at radius 3 is 2.00 bits per heavy atom. The fourth-order valence-electron chi connectivity index (χ4n) is 2.48. The topological polar surface area (TPSA) is 46.2 Å². The van der Waals surface area contributed by atoms with E-state index in [1.54, 1.807) is 28.4 Å². The number of ether oxygens (including phenoxy) is 2. The first-order chi connectivity index (χ1) is 11.5. The van der Waals surface area contributed by atoms with Crippen molar-refractivity contribution in [1.29, 1.82) is 0 Å². The smallest absolute Gasteiger partial charge is 0.491 e. The number of hydrogen-bond acceptors (Lipinski definition) is 5. The van der Waals surface area contributed by atoms with Gasteiger partial charge in [0.2, 0.25) is 0 Å². The summed E-state index contributed by atoms with van der Waals surface area (Å²) >= 11 is 0. The molecule has 24 heavy (non-hydrogen) atoms. The lowest BCUT2D eigenvalue weighted by atomic mass is 9.99. The van der Waals surface area contributed by atoms with Gasteiger partial charge in [-0.15, -0.1) is 0 Å². The van der Waals surface area contributed by atoms with Gasteiger partial charge < -0.3 is 22.8 Å². The Morgan fingerprint density at radius 2 is 1.54 bits per heavy atom. The van der Waals surface area contributed by atoms with Crippen LogP contribution in [0, 0.1) is 0 Å². The van der Waals surface area contributed by atoms with Crippen LogP contribution < -0.4 is 4.74 Å². The van der Waals surface area contributed by atoms with Gasteiger partial charge in [-0.3, -0.25) is 0 Å². The third-order valence-corrected chi connectivity index (χ3v) is 7.30. The van der Waals surface area contributed by atoms with Gasteiger partial charge in [-0.25, -0.2) is 0 Å². The highest BCUT2D eigenvalue weighted by Crippen LogP contribution is 2.22. The molecule has 0 fully saturated rings. The molecule has 2 atom stereocenters. The summed E-state index contributed by atoms with van der Waals surface area (Å²) in [7, 11) is 3.99. The van der Waals surface area contributed by atoms with Crippen LogP contribution in [0.1, 0.15) is 38.2 Å². The lowest BCUT2D eigenvalue weighted by Gasteiger charge is -2.26. The van der Waals surface area contributed by atoms with E-state index in [0.29, 0.717) is 18.6 Å². The number of rotatable bonds is 12. The molecule has 0 aliphatic heterocycles. The first-order valence-electron chi connectivity index (χ1n) is 8.45. The standard InChI is InChI=1S/C18H32O5Si/c1-7-15(2)16-8-10-17(11-9-16)23-14-18(19-3)12-13-24(20-4,21-5)22-6/h8-11,15,18H,7,12-14H2,1-6H3. The minimum absolute atomic E-state index is 0.0356. The van der Waals surface area contributed by atoms with E-state index in [2.05, 4.69) is 26.0 Å². The van der Waals surface area contributed by atoms with Crippen LogP contribution in [0.15, 0.2) is 24.3 Å². The second-order valence-corrected chi connectivity index (χ2v) is 8.97. The number of benzene rings is 1. The predicted molar refractivity (Wildman–Crippen MR) is 97.6 cm³/mol. The van der Waals surface area contributed by atoms with Gasteiger partial charge in [0.1, 0.15) is 12.4 Å². The number of hydrogen-bond donors (Lipinski definition) is 0. The average Bonchev–Trinajstić information content (AvgIpc) is 2.65. The molecule has 0 radical (unpaired) electrons. The minimum Gasteiger partial charge on any atom is -0.491 e. The van der Waals surface area contributed by atoms with Crippen LogP contribution in [0.25, 0.3) is 0 Å². The van der Waals surface area contributed by atoms with Crippen molar-refractivity contribution in [2.75, 3.05) is 35.0 Å².